The van der Waals surface area contributed by atoms with Gasteiger partial charge in [0.2, 0.25) is 5.96 Å². The second-order valence-electron chi connectivity index (χ2n) is 3.98. The highest BCUT2D eigenvalue weighted by molar-refractivity contribution is 5.79. The molecule has 1 aromatic rings. The first-order chi connectivity index (χ1) is 8.19. The van der Waals surface area contributed by atoms with E-state index in [9.17, 15) is 8.78 Å². The zero-order chi connectivity index (χ0) is 12.3. The molecule has 2 rings (SSSR count). The lowest BCUT2D eigenvalue weighted by molar-refractivity contribution is 0.507. The number of nitrogens with zero attached hydrogens (tertiary/aromatic N) is 1. The minimum atomic E-state index is -0.866. The van der Waals surface area contributed by atoms with E-state index in [0.717, 1.165) is 25.0 Å². The Morgan fingerprint density at radius 3 is 2.71 bits per heavy atom. The van der Waals surface area contributed by atoms with E-state index >= 15 is 0 Å². The fourth-order valence-electron chi connectivity index (χ4n) is 1.36. The predicted octanol–water partition coefficient (Wildman–Crippen LogP) is 1.04. The van der Waals surface area contributed by atoms with E-state index in [1.165, 1.54) is 6.07 Å². The van der Waals surface area contributed by atoms with Crippen molar-refractivity contribution in [3.63, 3.8) is 0 Å². The molecular weight excluding hydrogens is 226 g/mol. The molecule has 0 radical (unpaired) electrons. The molecule has 1 fully saturated rings. The molecule has 0 unspecified atom stereocenters. The summed E-state index contributed by atoms with van der Waals surface area (Å²) in [5, 5.41) is 3.08. The highest BCUT2D eigenvalue weighted by atomic mass is 19.2. The van der Waals surface area contributed by atoms with Crippen LogP contribution in [0.2, 0.25) is 0 Å². The van der Waals surface area contributed by atoms with E-state index in [1.807, 2.05) is 0 Å². The van der Waals surface area contributed by atoms with Crippen LogP contribution in [0.15, 0.2) is 23.2 Å². The monoisotopic (exact) mass is 240 g/mol. The van der Waals surface area contributed by atoms with Crippen molar-refractivity contribution < 1.29 is 8.78 Å². The van der Waals surface area contributed by atoms with Crippen LogP contribution < -0.4 is 16.6 Å². The summed E-state index contributed by atoms with van der Waals surface area (Å²) in [7, 11) is 0. The Kier molecular flexibility index (Phi) is 3.53. The second kappa shape index (κ2) is 5.09. The quantitative estimate of drug-likeness (QED) is 0.320. The van der Waals surface area contributed by atoms with E-state index in [0.29, 0.717) is 17.6 Å². The van der Waals surface area contributed by atoms with Crippen molar-refractivity contribution in [2.45, 2.75) is 25.4 Å². The van der Waals surface area contributed by atoms with Gasteiger partial charge in [-0.05, 0) is 30.5 Å². The summed E-state index contributed by atoms with van der Waals surface area (Å²) in [6.07, 6.45) is 2.21. The first kappa shape index (κ1) is 11.8. The number of nitrogens with one attached hydrogen (secondary N) is 2. The standard InChI is InChI=1S/C11H14F2N4/c12-9-4-1-7(5-10(9)13)6-15-11(17-14)16-8-2-3-8/h1,4-5,8H,2-3,6,14H2,(H2,15,16,17). The normalized spacial score (nSPS) is 15.8. The number of aliphatic imine (C=N–C) groups is 1. The molecule has 17 heavy (non-hydrogen) atoms. The number of hydrogen-bond donors (Lipinski definition) is 3. The van der Waals surface area contributed by atoms with Crippen molar-refractivity contribution in [2.75, 3.05) is 0 Å². The summed E-state index contributed by atoms with van der Waals surface area (Å²) in [4.78, 5) is 4.14. The average Bonchev–Trinajstić information content (AvgIpc) is 3.12. The maximum atomic E-state index is 12.9. The topological polar surface area (TPSA) is 62.4 Å². The Morgan fingerprint density at radius 2 is 2.12 bits per heavy atom. The molecule has 4 nitrogen and oxygen atoms in total. The number of hydrogen-bond acceptors (Lipinski definition) is 2. The van der Waals surface area contributed by atoms with Crippen LogP contribution in [-0.4, -0.2) is 12.0 Å². The molecule has 0 bridgehead atoms. The third kappa shape index (κ3) is 3.39. The van der Waals surface area contributed by atoms with Crippen LogP contribution >= 0.6 is 0 Å². The van der Waals surface area contributed by atoms with Crippen molar-refractivity contribution in [2.24, 2.45) is 10.8 Å². The molecule has 0 spiro atoms. The van der Waals surface area contributed by atoms with Gasteiger partial charge in [0, 0.05) is 6.04 Å². The lowest BCUT2D eigenvalue weighted by atomic mass is 10.2. The van der Waals surface area contributed by atoms with E-state index in [-0.39, 0.29) is 6.54 Å². The first-order valence-electron chi connectivity index (χ1n) is 5.40. The van der Waals surface area contributed by atoms with Gasteiger partial charge in [-0.15, -0.1) is 0 Å². The number of halogens is 2. The molecule has 0 aliphatic heterocycles. The Balaban J connectivity index is 1.98. The van der Waals surface area contributed by atoms with Crippen LogP contribution in [0, 0.1) is 11.6 Å². The van der Waals surface area contributed by atoms with Gasteiger partial charge in [-0.1, -0.05) is 6.07 Å². The van der Waals surface area contributed by atoms with Crippen molar-refractivity contribution in [3.8, 4) is 0 Å². The SMILES string of the molecule is NNC(=NCc1ccc(F)c(F)c1)NC1CC1. The maximum absolute atomic E-state index is 12.9. The Labute approximate surface area is 97.9 Å². The molecule has 4 N–H and O–H groups in total. The fourth-order valence-corrected chi connectivity index (χ4v) is 1.36. The number of benzene rings is 1. The van der Waals surface area contributed by atoms with Crippen LogP contribution in [0.1, 0.15) is 18.4 Å². The Morgan fingerprint density at radius 1 is 1.35 bits per heavy atom. The molecule has 0 saturated heterocycles. The maximum Gasteiger partial charge on any atom is 0.206 e. The Bertz CT molecular complexity index is 429. The molecular formula is C11H14F2N4. The largest absolute Gasteiger partial charge is 0.353 e. The summed E-state index contributed by atoms with van der Waals surface area (Å²) in [5.74, 6) is 4.04. The molecule has 1 aliphatic carbocycles. The number of nitrogens with two attached hydrogens (primary N) is 1. The molecule has 1 aromatic carbocycles. The lowest BCUT2D eigenvalue weighted by Crippen LogP contribution is -2.42. The summed E-state index contributed by atoms with van der Waals surface area (Å²) >= 11 is 0. The second-order valence-corrected chi connectivity index (χ2v) is 3.98. The van der Waals surface area contributed by atoms with Crippen molar-refractivity contribution in [3.05, 3.63) is 35.4 Å². The van der Waals surface area contributed by atoms with Gasteiger partial charge in [0.15, 0.2) is 11.6 Å². The molecule has 92 valence electrons. The van der Waals surface area contributed by atoms with Crippen molar-refractivity contribution in [1.82, 2.24) is 10.7 Å². The molecule has 0 atom stereocenters. The zero-order valence-corrected chi connectivity index (χ0v) is 9.21. The van der Waals surface area contributed by atoms with E-state index in [4.69, 9.17) is 5.84 Å². The van der Waals surface area contributed by atoms with E-state index in [2.05, 4.69) is 15.7 Å². The summed E-state index contributed by atoms with van der Waals surface area (Å²) in [5.41, 5.74) is 3.03. The number of hydrazine groups is 1. The number of guanidine groups is 1. The summed E-state index contributed by atoms with van der Waals surface area (Å²) < 4.78 is 25.6. The first-order valence-corrected chi connectivity index (χ1v) is 5.40. The van der Waals surface area contributed by atoms with Gasteiger partial charge in [0.1, 0.15) is 0 Å². The summed E-state index contributed by atoms with van der Waals surface area (Å²) in [6, 6.07) is 4.14. The average molecular weight is 240 g/mol. The van der Waals surface area contributed by atoms with E-state index < -0.39 is 11.6 Å². The van der Waals surface area contributed by atoms with Crippen molar-refractivity contribution in [1.29, 1.82) is 0 Å². The van der Waals surface area contributed by atoms with Gasteiger partial charge in [-0.3, -0.25) is 5.43 Å². The predicted molar refractivity (Wildman–Crippen MR) is 61.0 cm³/mol. The third-order valence-corrected chi connectivity index (χ3v) is 2.46. The third-order valence-electron chi connectivity index (χ3n) is 2.46. The molecule has 0 heterocycles. The van der Waals surface area contributed by atoms with Crippen molar-refractivity contribution >= 4 is 5.96 Å². The molecule has 1 saturated carbocycles. The van der Waals surface area contributed by atoms with Crippen LogP contribution in [-0.2, 0) is 6.54 Å². The molecule has 0 amide bonds. The zero-order valence-electron chi connectivity index (χ0n) is 9.21. The van der Waals surface area contributed by atoms with Gasteiger partial charge >= 0.3 is 0 Å². The van der Waals surface area contributed by atoms with Gasteiger partial charge < -0.3 is 5.32 Å². The Hall–Kier alpha value is -1.69. The highest BCUT2D eigenvalue weighted by Crippen LogP contribution is 2.18. The van der Waals surface area contributed by atoms with Crippen LogP contribution in [0.4, 0.5) is 8.78 Å². The molecule has 1 aliphatic rings. The minimum absolute atomic E-state index is 0.246. The molecule has 6 heteroatoms. The minimum Gasteiger partial charge on any atom is -0.353 e. The fraction of sp³-hybridized carbons (Fsp3) is 0.364. The van der Waals surface area contributed by atoms with Gasteiger partial charge in [-0.2, -0.15) is 0 Å². The molecule has 0 aromatic heterocycles. The highest BCUT2D eigenvalue weighted by Gasteiger charge is 2.21. The van der Waals surface area contributed by atoms with Crippen LogP contribution in [0.3, 0.4) is 0 Å². The lowest BCUT2D eigenvalue weighted by Gasteiger charge is -2.07. The van der Waals surface area contributed by atoms with Crippen LogP contribution in [0.5, 0.6) is 0 Å². The van der Waals surface area contributed by atoms with Gasteiger partial charge in [0.25, 0.3) is 0 Å². The number of rotatable bonds is 3. The summed E-state index contributed by atoms with van der Waals surface area (Å²) in [6.45, 7) is 0.246. The van der Waals surface area contributed by atoms with Crippen LogP contribution in [0.25, 0.3) is 0 Å². The van der Waals surface area contributed by atoms with Gasteiger partial charge in [-0.25, -0.2) is 19.6 Å². The smallest absolute Gasteiger partial charge is 0.206 e. The van der Waals surface area contributed by atoms with E-state index in [1.54, 1.807) is 0 Å². The van der Waals surface area contributed by atoms with Gasteiger partial charge in [0.05, 0.1) is 6.54 Å².